The minimum Gasteiger partial charge on any atom is -0.342 e. The fourth-order valence-corrected chi connectivity index (χ4v) is 2.28. The molecule has 2 rings (SSSR count). The van der Waals surface area contributed by atoms with E-state index < -0.39 is 0 Å². The average molecular weight is 246 g/mol. The Morgan fingerprint density at radius 3 is 2.78 bits per heavy atom. The normalized spacial score (nSPS) is 10.9. The van der Waals surface area contributed by atoms with E-state index in [2.05, 4.69) is 6.92 Å². The fourth-order valence-electron chi connectivity index (χ4n) is 2.28. The zero-order chi connectivity index (χ0) is 13.0. The van der Waals surface area contributed by atoms with Gasteiger partial charge >= 0.3 is 0 Å². The van der Waals surface area contributed by atoms with Gasteiger partial charge in [0, 0.05) is 24.2 Å². The number of nitro benzene ring substituents is 1. The van der Waals surface area contributed by atoms with E-state index in [1.54, 1.807) is 12.1 Å². The summed E-state index contributed by atoms with van der Waals surface area (Å²) in [7, 11) is 0. The predicted octanol–water partition coefficient (Wildman–Crippen LogP) is 4.13. The number of fused-ring (bicyclic) bond motifs is 1. The molecule has 0 saturated carbocycles. The number of hydrogen-bond acceptors (Lipinski definition) is 2. The Morgan fingerprint density at radius 2 is 2.06 bits per heavy atom. The highest BCUT2D eigenvalue weighted by atomic mass is 16.6. The zero-order valence-corrected chi connectivity index (χ0v) is 10.6. The van der Waals surface area contributed by atoms with Gasteiger partial charge in [0.1, 0.15) is 5.52 Å². The summed E-state index contributed by atoms with van der Waals surface area (Å²) in [5.41, 5.74) is 0.951. The number of nitro groups is 1. The molecule has 18 heavy (non-hydrogen) atoms. The molecular weight excluding hydrogens is 228 g/mol. The minimum atomic E-state index is -0.301. The lowest BCUT2D eigenvalue weighted by molar-refractivity contribution is -0.383. The Bertz CT molecular complexity index is 546. The van der Waals surface area contributed by atoms with Gasteiger partial charge in [-0.15, -0.1) is 0 Å². The Balaban J connectivity index is 2.25. The molecule has 0 bridgehead atoms. The first-order chi connectivity index (χ1) is 8.74. The number of nitrogens with zero attached hydrogens (tertiary/aromatic N) is 2. The van der Waals surface area contributed by atoms with Crippen molar-refractivity contribution in [3.05, 3.63) is 40.6 Å². The van der Waals surface area contributed by atoms with Gasteiger partial charge < -0.3 is 4.57 Å². The molecule has 0 fully saturated rings. The van der Waals surface area contributed by atoms with Crippen LogP contribution in [0.2, 0.25) is 0 Å². The molecule has 0 saturated heterocycles. The standard InChI is InChI=1S/C14H18N2O2/c1-2-3-4-5-10-15-11-9-12-7-6-8-13(14(12)15)16(17)18/h6-9,11H,2-5,10H2,1H3. The van der Waals surface area contributed by atoms with E-state index in [0.717, 1.165) is 23.9 Å². The molecule has 96 valence electrons. The summed E-state index contributed by atoms with van der Waals surface area (Å²) in [4.78, 5) is 10.7. The van der Waals surface area contributed by atoms with E-state index in [4.69, 9.17) is 0 Å². The van der Waals surface area contributed by atoms with Gasteiger partial charge in [0.05, 0.1) is 4.92 Å². The molecule has 0 amide bonds. The van der Waals surface area contributed by atoms with Crippen LogP contribution in [0.25, 0.3) is 10.9 Å². The van der Waals surface area contributed by atoms with Crippen LogP contribution in [0.3, 0.4) is 0 Å². The average Bonchev–Trinajstić information content (AvgIpc) is 2.77. The minimum absolute atomic E-state index is 0.202. The molecule has 0 atom stereocenters. The first kappa shape index (κ1) is 12.6. The molecular formula is C14H18N2O2. The summed E-state index contributed by atoms with van der Waals surface area (Å²) in [5, 5.41) is 12.0. The first-order valence-electron chi connectivity index (χ1n) is 6.46. The van der Waals surface area contributed by atoms with Crippen LogP contribution in [0.15, 0.2) is 30.5 Å². The van der Waals surface area contributed by atoms with E-state index in [0.29, 0.717) is 0 Å². The Hall–Kier alpha value is -1.84. The van der Waals surface area contributed by atoms with E-state index in [9.17, 15) is 10.1 Å². The lowest BCUT2D eigenvalue weighted by Crippen LogP contribution is -1.99. The summed E-state index contributed by atoms with van der Waals surface area (Å²) in [6.07, 6.45) is 6.62. The van der Waals surface area contributed by atoms with Crippen molar-refractivity contribution in [2.75, 3.05) is 0 Å². The van der Waals surface area contributed by atoms with Gasteiger partial charge in [-0.05, 0) is 12.5 Å². The van der Waals surface area contributed by atoms with Crippen LogP contribution < -0.4 is 0 Å². The molecule has 0 aliphatic rings. The van der Waals surface area contributed by atoms with Gasteiger partial charge in [0.2, 0.25) is 0 Å². The highest BCUT2D eigenvalue weighted by molar-refractivity contribution is 5.88. The maximum Gasteiger partial charge on any atom is 0.293 e. The first-order valence-corrected chi connectivity index (χ1v) is 6.46. The zero-order valence-electron chi connectivity index (χ0n) is 10.6. The van der Waals surface area contributed by atoms with Gasteiger partial charge in [-0.25, -0.2) is 0 Å². The summed E-state index contributed by atoms with van der Waals surface area (Å²) in [6, 6.07) is 7.18. The van der Waals surface area contributed by atoms with Crippen LogP contribution >= 0.6 is 0 Å². The smallest absolute Gasteiger partial charge is 0.293 e. The van der Waals surface area contributed by atoms with Crippen molar-refractivity contribution in [2.24, 2.45) is 0 Å². The van der Waals surface area contributed by atoms with Gasteiger partial charge in [-0.1, -0.05) is 38.3 Å². The molecule has 0 N–H and O–H groups in total. The van der Waals surface area contributed by atoms with Crippen molar-refractivity contribution in [1.82, 2.24) is 4.57 Å². The van der Waals surface area contributed by atoms with E-state index in [1.165, 1.54) is 19.3 Å². The summed E-state index contributed by atoms with van der Waals surface area (Å²) < 4.78 is 2.00. The van der Waals surface area contributed by atoms with Crippen LogP contribution in [0, 0.1) is 10.1 Å². The highest BCUT2D eigenvalue weighted by Crippen LogP contribution is 2.26. The number of aryl methyl sites for hydroxylation is 1. The maximum atomic E-state index is 11.0. The third-order valence-corrected chi connectivity index (χ3v) is 3.22. The third-order valence-electron chi connectivity index (χ3n) is 3.22. The Morgan fingerprint density at radius 1 is 1.22 bits per heavy atom. The monoisotopic (exact) mass is 246 g/mol. The summed E-state index contributed by atoms with van der Waals surface area (Å²) in [5.74, 6) is 0. The molecule has 1 aromatic heterocycles. The van der Waals surface area contributed by atoms with E-state index in [-0.39, 0.29) is 10.6 Å². The van der Waals surface area contributed by atoms with Crippen molar-refractivity contribution >= 4 is 16.6 Å². The van der Waals surface area contributed by atoms with Crippen molar-refractivity contribution in [3.8, 4) is 0 Å². The van der Waals surface area contributed by atoms with E-state index in [1.807, 2.05) is 22.9 Å². The number of hydrogen-bond donors (Lipinski definition) is 0. The van der Waals surface area contributed by atoms with Crippen molar-refractivity contribution < 1.29 is 4.92 Å². The highest BCUT2D eigenvalue weighted by Gasteiger charge is 2.14. The second kappa shape index (κ2) is 5.67. The second-order valence-corrected chi connectivity index (χ2v) is 4.54. The molecule has 0 aliphatic carbocycles. The van der Waals surface area contributed by atoms with Gasteiger partial charge in [-0.3, -0.25) is 10.1 Å². The topological polar surface area (TPSA) is 48.1 Å². The lowest BCUT2D eigenvalue weighted by Gasteiger charge is -2.05. The number of benzene rings is 1. The molecule has 4 nitrogen and oxygen atoms in total. The largest absolute Gasteiger partial charge is 0.342 e. The molecule has 4 heteroatoms. The number of aromatic nitrogens is 1. The Labute approximate surface area is 106 Å². The number of rotatable bonds is 6. The third kappa shape index (κ3) is 2.53. The fraction of sp³-hybridized carbons (Fsp3) is 0.429. The number of non-ortho nitro benzene ring substituents is 1. The molecule has 1 aromatic carbocycles. The lowest BCUT2D eigenvalue weighted by atomic mass is 10.2. The van der Waals surface area contributed by atoms with Crippen LogP contribution in [0.5, 0.6) is 0 Å². The van der Waals surface area contributed by atoms with Gasteiger partial charge in [0.25, 0.3) is 5.69 Å². The van der Waals surface area contributed by atoms with Crippen molar-refractivity contribution in [1.29, 1.82) is 0 Å². The maximum absolute atomic E-state index is 11.0. The molecule has 0 unspecified atom stereocenters. The number of unbranched alkanes of at least 4 members (excludes halogenated alkanes) is 3. The number of para-hydroxylation sites is 1. The molecule has 0 radical (unpaired) electrons. The molecule has 0 spiro atoms. The van der Waals surface area contributed by atoms with Crippen molar-refractivity contribution in [2.45, 2.75) is 39.2 Å². The SMILES string of the molecule is CCCCCCn1ccc2cccc([N+](=O)[O-])c21. The molecule has 0 aliphatic heterocycles. The van der Waals surface area contributed by atoms with Crippen LogP contribution in [-0.4, -0.2) is 9.49 Å². The van der Waals surface area contributed by atoms with Gasteiger partial charge in [0.15, 0.2) is 0 Å². The van der Waals surface area contributed by atoms with Crippen molar-refractivity contribution in [3.63, 3.8) is 0 Å². The molecule has 2 aromatic rings. The Kier molecular flexibility index (Phi) is 3.97. The quantitative estimate of drug-likeness (QED) is 0.437. The van der Waals surface area contributed by atoms with Crippen LogP contribution in [0.4, 0.5) is 5.69 Å². The summed E-state index contributed by atoms with van der Waals surface area (Å²) >= 11 is 0. The predicted molar refractivity (Wildman–Crippen MR) is 72.7 cm³/mol. The van der Waals surface area contributed by atoms with Gasteiger partial charge in [-0.2, -0.15) is 0 Å². The van der Waals surface area contributed by atoms with Crippen LogP contribution in [-0.2, 0) is 6.54 Å². The van der Waals surface area contributed by atoms with E-state index >= 15 is 0 Å². The van der Waals surface area contributed by atoms with Crippen LogP contribution in [0.1, 0.15) is 32.6 Å². The molecule has 1 heterocycles. The second-order valence-electron chi connectivity index (χ2n) is 4.54. The summed E-state index contributed by atoms with van der Waals surface area (Å²) in [6.45, 7) is 3.03.